The minimum atomic E-state index is -4.33. The summed E-state index contributed by atoms with van der Waals surface area (Å²) in [6.45, 7) is -1.56. The molecule has 4 N–H and O–H groups in total. The molecule has 1 rings (SSSR count). The fourth-order valence-corrected chi connectivity index (χ4v) is 1.75. The summed E-state index contributed by atoms with van der Waals surface area (Å²) in [5.41, 5.74) is 6.41. The van der Waals surface area contributed by atoms with Crippen molar-refractivity contribution in [3.05, 3.63) is 35.4 Å². The number of rotatable bonds is 6. The van der Waals surface area contributed by atoms with Crippen LogP contribution < -0.4 is 5.73 Å². The first-order valence-electron chi connectivity index (χ1n) is 5.82. The normalized spacial score (nSPS) is 12.9. The van der Waals surface area contributed by atoms with Gasteiger partial charge in [-0.1, -0.05) is 23.4 Å². The van der Waals surface area contributed by atoms with Crippen molar-refractivity contribution in [1.29, 1.82) is 0 Å². The molecule has 5 nitrogen and oxygen atoms in total. The number of benzene rings is 1. The van der Waals surface area contributed by atoms with Crippen LogP contribution in [-0.2, 0) is 6.54 Å². The number of nitrogens with zero attached hydrogens (tertiary/aromatic N) is 2. The number of halogens is 3. The van der Waals surface area contributed by atoms with Gasteiger partial charge in [0.15, 0.2) is 5.84 Å². The van der Waals surface area contributed by atoms with Gasteiger partial charge in [-0.05, 0) is 11.6 Å². The Morgan fingerprint density at radius 1 is 1.35 bits per heavy atom. The zero-order chi connectivity index (χ0) is 15.2. The van der Waals surface area contributed by atoms with Gasteiger partial charge in [-0.15, -0.1) is 0 Å². The highest BCUT2D eigenvalue weighted by Gasteiger charge is 2.30. The molecule has 0 saturated heterocycles. The predicted octanol–water partition coefficient (Wildman–Crippen LogP) is 1.14. The average Bonchev–Trinajstić information content (AvgIpc) is 2.36. The van der Waals surface area contributed by atoms with Crippen molar-refractivity contribution in [2.45, 2.75) is 12.7 Å². The number of oxime groups is 1. The van der Waals surface area contributed by atoms with E-state index < -0.39 is 12.7 Å². The summed E-state index contributed by atoms with van der Waals surface area (Å²) >= 11 is 0. The number of alkyl halides is 3. The quantitative estimate of drug-likeness (QED) is 0.318. The number of amidine groups is 1. The largest absolute Gasteiger partial charge is 0.409 e. The number of aliphatic hydroxyl groups is 1. The second kappa shape index (κ2) is 7.11. The zero-order valence-corrected chi connectivity index (χ0v) is 10.6. The lowest BCUT2D eigenvalue weighted by molar-refractivity contribution is -0.147. The molecular formula is C12H16F3N3O2. The third-order valence-corrected chi connectivity index (χ3v) is 2.56. The molecule has 0 heterocycles. The zero-order valence-electron chi connectivity index (χ0n) is 10.6. The van der Waals surface area contributed by atoms with Gasteiger partial charge in [0.2, 0.25) is 0 Å². The van der Waals surface area contributed by atoms with Gasteiger partial charge in [0, 0.05) is 18.7 Å². The number of nitrogens with two attached hydrogens (primary N) is 1. The second-order valence-electron chi connectivity index (χ2n) is 4.24. The molecule has 0 amide bonds. The average molecular weight is 291 g/mol. The first-order valence-corrected chi connectivity index (χ1v) is 5.82. The third kappa shape index (κ3) is 5.45. The number of hydrogen-bond acceptors (Lipinski definition) is 4. The first-order chi connectivity index (χ1) is 9.35. The van der Waals surface area contributed by atoms with E-state index in [9.17, 15) is 13.2 Å². The van der Waals surface area contributed by atoms with Crippen LogP contribution in [0.25, 0.3) is 0 Å². The molecule has 20 heavy (non-hydrogen) atoms. The summed E-state index contributed by atoms with van der Waals surface area (Å²) in [5, 5.41) is 20.2. The first kappa shape index (κ1) is 16.3. The van der Waals surface area contributed by atoms with Crippen LogP contribution >= 0.6 is 0 Å². The van der Waals surface area contributed by atoms with Crippen LogP contribution in [0.3, 0.4) is 0 Å². The van der Waals surface area contributed by atoms with Crippen LogP contribution in [-0.4, -0.2) is 46.9 Å². The summed E-state index contributed by atoms with van der Waals surface area (Å²) < 4.78 is 37.2. The van der Waals surface area contributed by atoms with Crippen LogP contribution in [0.5, 0.6) is 0 Å². The molecule has 0 bridgehead atoms. The lowest BCUT2D eigenvalue weighted by atomic mass is 10.1. The minimum Gasteiger partial charge on any atom is -0.409 e. The van der Waals surface area contributed by atoms with Gasteiger partial charge in [-0.3, -0.25) is 4.90 Å². The van der Waals surface area contributed by atoms with Gasteiger partial charge < -0.3 is 16.0 Å². The summed E-state index contributed by atoms with van der Waals surface area (Å²) in [6.07, 6.45) is -4.33. The molecule has 0 saturated carbocycles. The van der Waals surface area contributed by atoms with Crippen molar-refractivity contribution < 1.29 is 23.5 Å². The minimum absolute atomic E-state index is 0.00657. The van der Waals surface area contributed by atoms with Crippen LogP contribution in [0.1, 0.15) is 11.1 Å². The molecule has 0 spiro atoms. The van der Waals surface area contributed by atoms with E-state index in [1.165, 1.54) is 6.07 Å². The Morgan fingerprint density at radius 2 is 2.05 bits per heavy atom. The van der Waals surface area contributed by atoms with E-state index in [2.05, 4.69) is 5.16 Å². The Hall–Kier alpha value is -1.80. The van der Waals surface area contributed by atoms with Gasteiger partial charge in [0.05, 0.1) is 13.2 Å². The van der Waals surface area contributed by atoms with E-state index in [1.54, 1.807) is 18.2 Å². The van der Waals surface area contributed by atoms with E-state index in [4.69, 9.17) is 16.0 Å². The fraction of sp³-hybridized carbons (Fsp3) is 0.417. The van der Waals surface area contributed by atoms with Crippen molar-refractivity contribution in [3.63, 3.8) is 0 Å². The molecular weight excluding hydrogens is 275 g/mol. The molecule has 0 radical (unpaired) electrons. The summed E-state index contributed by atoms with van der Waals surface area (Å²) in [4.78, 5) is 1.07. The van der Waals surface area contributed by atoms with Crippen molar-refractivity contribution in [1.82, 2.24) is 4.90 Å². The number of aliphatic hydroxyl groups excluding tert-OH is 1. The highest BCUT2D eigenvalue weighted by molar-refractivity contribution is 5.97. The number of hydrogen-bond donors (Lipinski definition) is 3. The lowest BCUT2D eigenvalue weighted by Crippen LogP contribution is -2.35. The maximum Gasteiger partial charge on any atom is 0.401 e. The molecule has 0 aliphatic rings. The summed E-state index contributed by atoms with van der Waals surface area (Å²) in [5.74, 6) is -0.114. The standard InChI is InChI=1S/C12H16F3N3O2/c13-12(14,15)8-18(4-5-19)7-9-2-1-3-10(6-9)11(16)17-20/h1-3,6,19-20H,4-5,7-8H2,(H2,16,17). The van der Waals surface area contributed by atoms with Crippen molar-refractivity contribution in [2.75, 3.05) is 19.7 Å². The lowest BCUT2D eigenvalue weighted by Gasteiger charge is -2.22. The molecule has 0 fully saturated rings. The van der Waals surface area contributed by atoms with Crippen LogP contribution in [0.4, 0.5) is 13.2 Å². The third-order valence-electron chi connectivity index (χ3n) is 2.56. The monoisotopic (exact) mass is 291 g/mol. The molecule has 0 atom stereocenters. The van der Waals surface area contributed by atoms with Crippen molar-refractivity contribution >= 4 is 5.84 Å². The Labute approximate surface area is 114 Å². The van der Waals surface area contributed by atoms with Crippen LogP contribution in [0.2, 0.25) is 0 Å². The van der Waals surface area contributed by atoms with E-state index in [0.29, 0.717) is 11.1 Å². The van der Waals surface area contributed by atoms with Gasteiger partial charge in [0.25, 0.3) is 0 Å². The van der Waals surface area contributed by atoms with E-state index in [0.717, 1.165) is 4.90 Å². The van der Waals surface area contributed by atoms with Gasteiger partial charge >= 0.3 is 6.18 Å². The highest BCUT2D eigenvalue weighted by Crippen LogP contribution is 2.18. The Balaban J connectivity index is 2.83. The van der Waals surface area contributed by atoms with Gasteiger partial charge in [0.1, 0.15) is 0 Å². The molecule has 1 aromatic rings. The molecule has 0 aliphatic heterocycles. The smallest absolute Gasteiger partial charge is 0.401 e. The Bertz CT molecular complexity index is 464. The Morgan fingerprint density at radius 3 is 2.60 bits per heavy atom. The van der Waals surface area contributed by atoms with Crippen LogP contribution in [0, 0.1) is 0 Å². The molecule has 1 aromatic carbocycles. The van der Waals surface area contributed by atoms with Crippen molar-refractivity contribution in [3.8, 4) is 0 Å². The molecule has 112 valence electrons. The maximum absolute atomic E-state index is 12.4. The second-order valence-corrected chi connectivity index (χ2v) is 4.24. The van der Waals surface area contributed by atoms with E-state index >= 15 is 0 Å². The molecule has 0 aromatic heterocycles. The van der Waals surface area contributed by atoms with Gasteiger partial charge in [-0.25, -0.2) is 0 Å². The fourth-order valence-electron chi connectivity index (χ4n) is 1.75. The van der Waals surface area contributed by atoms with Crippen LogP contribution in [0.15, 0.2) is 29.4 Å². The highest BCUT2D eigenvalue weighted by atomic mass is 19.4. The predicted molar refractivity (Wildman–Crippen MR) is 67.4 cm³/mol. The molecule has 0 unspecified atom stereocenters. The Kier molecular flexibility index (Phi) is 5.78. The van der Waals surface area contributed by atoms with Gasteiger partial charge in [-0.2, -0.15) is 13.2 Å². The van der Waals surface area contributed by atoms with Crippen molar-refractivity contribution in [2.24, 2.45) is 10.9 Å². The molecule has 0 aliphatic carbocycles. The summed E-state index contributed by atoms with van der Waals surface area (Å²) in [7, 11) is 0. The topological polar surface area (TPSA) is 82.1 Å². The molecule has 8 heteroatoms. The van der Waals surface area contributed by atoms with E-state index in [-0.39, 0.29) is 25.5 Å². The van der Waals surface area contributed by atoms with E-state index in [1.807, 2.05) is 0 Å². The maximum atomic E-state index is 12.4. The summed E-state index contributed by atoms with van der Waals surface area (Å²) in [6, 6.07) is 6.36. The SMILES string of the molecule is N/C(=N/O)c1cccc(CN(CCO)CC(F)(F)F)c1.